The molecule has 3 rings (SSSR count). The fraction of sp³-hybridized carbons (Fsp3) is 0.250. The van der Waals surface area contributed by atoms with Crippen LogP contribution in [0.1, 0.15) is 44.7 Å². The van der Waals surface area contributed by atoms with Crippen LogP contribution in [0.5, 0.6) is 0 Å². The van der Waals surface area contributed by atoms with Crippen molar-refractivity contribution in [2.75, 3.05) is 5.32 Å². The molecule has 0 bridgehead atoms. The smallest absolute Gasteiger partial charge is 0.151 e. The predicted octanol–water partition coefficient (Wildman–Crippen LogP) is 5.95. The van der Waals surface area contributed by atoms with Gasteiger partial charge in [-0.2, -0.15) is 5.10 Å². The maximum absolute atomic E-state index is 4.60. The van der Waals surface area contributed by atoms with Gasteiger partial charge in [-0.25, -0.2) is 4.99 Å². The second-order valence-corrected chi connectivity index (χ2v) is 6.61. The minimum atomic E-state index is 0.723. The third-order valence-electron chi connectivity index (χ3n) is 4.21. The molecule has 0 fully saturated rings. The number of H-pyrrole nitrogens is 1. The number of aromatic nitrogens is 2. The van der Waals surface area contributed by atoms with Crippen LogP contribution in [0.4, 0.5) is 5.69 Å². The van der Waals surface area contributed by atoms with Crippen molar-refractivity contribution in [2.24, 2.45) is 15.0 Å². The van der Waals surface area contributed by atoms with Gasteiger partial charge in [0.25, 0.3) is 0 Å². The first-order valence-corrected chi connectivity index (χ1v) is 10.1. The van der Waals surface area contributed by atoms with Crippen LogP contribution in [0.25, 0.3) is 5.57 Å². The average Bonchev–Trinajstić information content (AvgIpc) is 3.50. The summed E-state index contributed by atoms with van der Waals surface area (Å²) in [5.41, 5.74) is 5.19. The summed E-state index contributed by atoms with van der Waals surface area (Å²) < 4.78 is 0. The number of hydrogen-bond acceptors (Lipinski definition) is 4. The van der Waals surface area contributed by atoms with Crippen LogP contribution >= 0.6 is 0 Å². The normalized spacial score (nSPS) is 14.2. The molecule has 0 aliphatic carbocycles. The van der Waals surface area contributed by atoms with Crippen molar-refractivity contribution >= 4 is 29.0 Å². The molecule has 0 unspecified atom stereocenters. The van der Waals surface area contributed by atoms with Crippen LogP contribution in [0.15, 0.2) is 82.4 Å². The highest BCUT2D eigenvalue weighted by atomic mass is 15.1. The second-order valence-electron chi connectivity index (χ2n) is 6.61. The van der Waals surface area contributed by atoms with Crippen LogP contribution in [0.2, 0.25) is 0 Å². The Balaban J connectivity index is 0.000000558. The first-order chi connectivity index (χ1) is 14.6. The van der Waals surface area contributed by atoms with E-state index in [0.717, 1.165) is 41.2 Å². The standard InChI is InChI=1S/C20H25N5.C4H5N/c1-5-11-21-20(25-19-9-7-15(3)8-10-19)16(4)22-12-17(6-2)18-13-23-24-14-18;1-2-4-5-3-1/h5,7-14H,6H2,1-4H3,(H,21,25)(H,23,24);1,3-4H,2H2/b11-5-,17-12+,22-16?;. The zero-order valence-corrected chi connectivity index (χ0v) is 18.1. The largest absolute Gasteiger partial charge is 0.339 e. The topological polar surface area (TPSA) is 77.8 Å². The van der Waals surface area contributed by atoms with Crippen LogP contribution in [0.3, 0.4) is 0 Å². The van der Waals surface area contributed by atoms with E-state index in [1.54, 1.807) is 18.6 Å². The van der Waals surface area contributed by atoms with Gasteiger partial charge in [0, 0.05) is 48.7 Å². The molecule has 6 heteroatoms. The predicted molar refractivity (Wildman–Crippen MR) is 129 cm³/mol. The average molecular weight is 403 g/mol. The SMILES string of the molecule is C/C=C\N=C(Nc1ccc(C)cc1)C(C)=N/C=C(\CC)c1cn[nH]c1.C1=CN=CC1. The summed E-state index contributed by atoms with van der Waals surface area (Å²) in [6, 6.07) is 8.20. The Morgan fingerprint density at radius 1 is 1.23 bits per heavy atom. The molecule has 2 N–H and O–H groups in total. The highest BCUT2D eigenvalue weighted by Gasteiger charge is 2.05. The van der Waals surface area contributed by atoms with E-state index in [-0.39, 0.29) is 0 Å². The highest BCUT2D eigenvalue weighted by Crippen LogP contribution is 2.16. The quantitative estimate of drug-likeness (QED) is 0.463. The van der Waals surface area contributed by atoms with Gasteiger partial charge >= 0.3 is 0 Å². The maximum Gasteiger partial charge on any atom is 0.151 e. The molecule has 1 aliphatic rings. The summed E-state index contributed by atoms with van der Waals surface area (Å²) in [4.78, 5) is 12.9. The summed E-state index contributed by atoms with van der Waals surface area (Å²) in [7, 11) is 0. The van der Waals surface area contributed by atoms with E-state index < -0.39 is 0 Å². The maximum atomic E-state index is 4.60. The number of benzene rings is 1. The lowest BCUT2D eigenvalue weighted by atomic mass is 10.1. The Morgan fingerprint density at radius 2 is 2.03 bits per heavy atom. The molecule has 156 valence electrons. The van der Waals surface area contributed by atoms with E-state index in [4.69, 9.17) is 0 Å². The minimum Gasteiger partial charge on any atom is -0.339 e. The second kappa shape index (κ2) is 12.8. The monoisotopic (exact) mass is 402 g/mol. The number of aryl methyl sites for hydroxylation is 1. The third kappa shape index (κ3) is 7.83. The Bertz CT molecular complexity index is 932. The van der Waals surface area contributed by atoms with Gasteiger partial charge in [-0.1, -0.05) is 36.8 Å². The summed E-state index contributed by atoms with van der Waals surface area (Å²) in [5, 5.41) is 10.2. The number of rotatable bonds is 6. The number of hydrogen-bond donors (Lipinski definition) is 2. The lowest BCUT2D eigenvalue weighted by Crippen LogP contribution is -2.20. The zero-order chi connectivity index (χ0) is 21.6. The van der Waals surface area contributed by atoms with Gasteiger partial charge in [0.05, 0.1) is 11.9 Å². The molecular formula is C24H30N6. The van der Waals surface area contributed by atoms with E-state index >= 15 is 0 Å². The Labute approximate surface area is 179 Å². The van der Waals surface area contributed by atoms with Crippen molar-refractivity contribution in [1.29, 1.82) is 0 Å². The molecule has 0 amide bonds. The summed E-state index contributed by atoms with van der Waals surface area (Å²) >= 11 is 0. The van der Waals surface area contributed by atoms with Crippen LogP contribution in [-0.4, -0.2) is 28.0 Å². The summed E-state index contributed by atoms with van der Waals surface area (Å²) in [5.74, 6) is 0.723. The van der Waals surface area contributed by atoms with Crippen molar-refractivity contribution in [1.82, 2.24) is 10.2 Å². The molecule has 0 saturated carbocycles. The minimum absolute atomic E-state index is 0.723. The lowest BCUT2D eigenvalue weighted by Gasteiger charge is -2.09. The Kier molecular flexibility index (Phi) is 9.73. The molecule has 1 aliphatic heterocycles. The number of allylic oxidation sites excluding steroid dienone is 3. The van der Waals surface area contributed by atoms with E-state index in [1.165, 1.54) is 5.56 Å². The van der Waals surface area contributed by atoms with Crippen LogP contribution in [0, 0.1) is 6.92 Å². The summed E-state index contributed by atoms with van der Waals surface area (Å²) in [6.45, 7) is 8.05. The number of aromatic amines is 1. The molecule has 0 spiro atoms. The van der Waals surface area contributed by atoms with Crippen LogP contribution in [-0.2, 0) is 0 Å². The van der Waals surface area contributed by atoms with Crippen molar-refractivity contribution in [3.8, 4) is 0 Å². The zero-order valence-electron chi connectivity index (χ0n) is 18.1. The summed E-state index contributed by atoms with van der Waals surface area (Å²) in [6.07, 6.45) is 16.8. The Morgan fingerprint density at radius 3 is 2.57 bits per heavy atom. The highest BCUT2D eigenvalue weighted by molar-refractivity contribution is 6.45. The first kappa shape index (κ1) is 22.7. The van der Waals surface area contributed by atoms with Gasteiger partial charge in [0.15, 0.2) is 5.84 Å². The molecule has 0 radical (unpaired) electrons. The molecular weight excluding hydrogens is 372 g/mol. The fourth-order valence-electron chi connectivity index (χ4n) is 2.48. The van der Waals surface area contributed by atoms with Crippen LogP contribution < -0.4 is 5.32 Å². The number of amidine groups is 1. The van der Waals surface area contributed by atoms with Gasteiger partial charge < -0.3 is 5.32 Å². The van der Waals surface area contributed by atoms with E-state index in [9.17, 15) is 0 Å². The van der Waals surface area contributed by atoms with Gasteiger partial charge in [-0.05, 0) is 44.9 Å². The number of anilines is 1. The van der Waals surface area contributed by atoms with E-state index in [1.807, 2.05) is 56.7 Å². The van der Waals surface area contributed by atoms with Gasteiger partial charge in [-0.15, -0.1) is 0 Å². The Hall–Kier alpha value is -3.54. The van der Waals surface area contributed by atoms with Gasteiger partial charge in [0.2, 0.25) is 0 Å². The number of nitrogens with zero attached hydrogens (tertiary/aromatic N) is 4. The van der Waals surface area contributed by atoms with Crippen molar-refractivity contribution in [3.05, 3.63) is 78.5 Å². The van der Waals surface area contributed by atoms with E-state index in [2.05, 4.69) is 56.5 Å². The molecule has 0 atom stereocenters. The van der Waals surface area contributed by atoms with Crippen molar-refractivity contribution < 1.29 is 0 Å². The molecule has 2 aromatic rings. The molecule has 0 saturated heterocycles. The molecule has 1 aromatic carbocycles. The molecule has 6 nitrogen and oxygen atoms in total. The lowest BCUT2D eigenvalue weighted by molar-refractivity contribution is 1.09. The van der Waals surface area contributed by atoms with E-state index in [0.29, 0.717) is 0 Å². The van der Waals surface area contributed by atoms with Crippen molar-refractivity contribution in [3.63, 3.8) is 0 Å². The van der Waals surface area contributed by atoms with Gasteiger partial charge in [0.1, 0.15) is 0 Å². The molecule has 2 heterocycles. The van der Waals surface area contributed by atoms with Gasteiger partial charge in [-0.3, -0.25) is 15.1 Å². The fourth-order valence-corrected chi connectivity index (χ4v) is 2.48. The molecule has 30 heavy (non-hydrogen) atoms. The molecule has 1 aromatic heterocycles. The number of nitrogens with one attached hydrogen (secondary N) is 2. The third-order valence-corrected chi connectivity index (χ3v) is 4.21. The van der Waals surface area contributed by atoms with Crippen molar-refractivity contribution in [2.45, 2.75) is 40.5 Å². The first-order valence-electron chi connectivity index (χ1n) is 10.1. The number of aliphatic imine (C=N–C) groups is 3.